The number of aliphatic hydroxyl groups is 1. The van der Waals surface area contributed by atoms with E-state index in [4.69, 9.17) is 10.9 Å². The van der Waals surface area contributed by atoms with Crippen LogP contribution in [0, 0.1) is 0 Å². The molecule has 1 N–H and O–H groups in total. The number of aliphatic hydroxyl groups excluding tert-OH is 1. The second-order valence-corrected chi connectivity index (χ2v) is 32.7. The first-order chi connectivity index (χ1) is 46.5. The van der Waals surface area contributed by atoms with E-state index in [1.807, 2.05) is 0 Å². The Morgan fingerprint density at radius 1 is 0.547 bits per heavy atom. The maximum atomic E-state index is 13.4. The molecule has 14 aromatic carbocycles. The van der Waals surface area contributed by atoms with Crippen LogP contribution in [0.25, 0.3) is 118 Å². The van der Waals surface area contributed by atoms with Crippen LogP contribution < -0.4 is 0 Å². The van der Waals surface area contributed by atoms with Crippen molar-refractivity contribution in [2.45, 2.75) is 190 Å². The lowest BCUT2D eigenvalue weighted by atomic mass is 9.76. The largest absolute Gasteiger partial charge is 0.673 e. The summed E-state index contributed by atoms with van der Waals surface area (Å²) in [6, 6.07) is 35.9. The molecule has 20 rings (SSSR count). The fourth-order valence-corrected chi connectivity index (χ4v) is 24.6. The van der Waals surface area contributed by atoms with Gasteiger partial charge in [-0.25, -0.2) is 0 Å². The average Bonchev–Trinajstić information content (AvgIpc) is 1.42. The smallest absolute Gasteiger partial charge is 0.466 e. The standard InChI is InChI=1S/C59H38O2.C23H39O2S.CH3BO.BF4/c1-2-3-4-8-14-61-34(60)12-9-13-58(32-10-6-5-7-11-32)57-33-22-30-20-27-16-24-15-25-17-28-18-26-19-29-21-31-23-59(57,58)56-42(31)47-39(29)37(26)46-41(28)45-36(25)35(24)44-38(27)40(30)48-43(33)55(56)54-52(47)51(46)50(45)49(44)53(48)54;1-6-7-8-12-18-25-23(24)17-13-16-22(21-14-10-9-11-15-21)26(19(2)3)20(4)5;2-1-3;2-1(3,4)5/h5-7,10-11,16-18,21-22,57H,2-4,8-9,12-15,19-20,23H2,1H3;9-11,14-15,19-20,22H,6-8,12-13,16-18H2,1-5H3;3H,1H2;/q;+1;;-1/i;;3D;. The summed E-state index contributed by atoms with van der Waals surface area (Å²) in [5.74, 6) is 0.328. The lowest BCUT2D eigenvalue weighted by molar-refractivity contribution is -0.144. The zero-order valence-electron chi connectivity index (χ0n) is 56.4. The molecule has 4 unspecified atom stereocenters. The van der Waals surface area contributed by atoms with Gasteiger partial charge >= 0.3 is 19.2 Å². The molecule has 14 aromatic rings. The maximum absolute atomic E-state index is 13.4. The van der Waals surface area contributed by atoms with E-state index in [2.05, 4.69) is 145 Å². The summed E-state index contributed by atoms with van der Waals surface area (Å²) in [6.07, 6.45) is 18.2. The van der Waals surface area contributed by atoms with Crippen molar-refractivity contribution >= 4 is 156 Å². The first-order valence-corrected chi connectivity index (χ1v) is 37.0. The van der Waals surface area contributed by atoms with Crippen molar-refractivity contribution in [2.24, 2.45) is 0 Å². The Kier molecular flexibility index (Phi) is 14.3. The van der Waals surface area contributed by atoms with E-state index < -0.39 is 7.25 Å². The number of ether oxygens (including phenoxy) is 2. The normalized spacial score (nSPS) is 18.9. The molecule has 6 aliphatic rings. The van der Waals surface area contributed by atoms with Gasteiger partial charge in [0.2, 0.25) is 1.43 Å². The third-order valence-electron chi connectivity index (χ3n) is 23.8. The first kappa shape index (κ1) is 60.3. The molecule has 2 radical (unpaired) electrons. The molecule has 95 heavy (non-hydrogen) atoms. The van der Waals surface area contributed by atoms with Gasteiger partial charge in [0.15, 0.2) is 0 Å². The minimum atomic E-state index is -6.00. The molecule has 0 heterocycles. The Bertz CT molecular complexity index is 5330. The predicted octanol–water partition coefficient (Wildman–Crippen LogP) is 21.1. The van der Waals surface area contributed by atoms with Gasteiger partial charge < -0.3 is 31.8 Å². The van der Waals surface area contributed by atoms with Gasteiger partial charge in [0.25, 0.3) is 0 Å². The molecular formula is C83H80B2F4O5S. The third-order valence-corrected chi connectivity index (χ3v) is 27.1. The van der Waals surface area contributed by atoms with E-state index in [-0.39, 0.29) is 29.3 Å². The number of carbonyl (C=O) groups excluding carboxylic acids is 2. The second-order valence-electron chi connectivity index (χ2n) is 29.4. The zero-order chi connectivity index (χ0) is 66.2. The summed E-state index contributed by atoms with van der Waals surface area (Å²) in [7, 11) is -1.07. The van der Waals surface area contributed by atoms with Gasteiger partial charge in [0.05, 0.1) is 13.2 Å². The van der Waals surface area contributed by atoms with E-state index in [1.165, 1.54) is 42.2 Å². The van der Waals surface area contributed by atoms with Crippen LogP contribution in [0.15, 0.2) is 91.0 Å². The van der Waals surface area contributed by atoms with E-state index in [0.29, 0.717) is 58.6 Å². The first-order valence-electron chi connectivity index (χ1n) is 36.0. The number of benzene rings is 12. The summed E-state index contributed by atoms with van der Waals surface area (Å²) in [4.78, 5) is 25.4. The highest BCUT2D eigenvalue weighted by molar-refractivity contribution is 7.98. The van der Waals surface area contributed by atoms with Crippen LogP contribution in [0.2, 0.25) is 0 Å². The Hall–Kier alpha value is -7.14. The van der Waals surface area contributed by atoms with Crippen LogP contribution in [0.4, 0.5) is 17.3 Å². The number of carbonyl (C=O) groups is 2. The van der Waals surface area contributed by atoms with Crippen molar-refractivity contribution in [1.82, 2.24) is 0 Å². The summed E-state index contributed by atoms with van der Waals surface area (Å²) in [5, 5.41) is 40.5. The molecule has 4 atom stereocenters. The minimum Gasteiger partial charge on any atom is -0.466 e. The topological polar surface area (TPSA) is 72.8 Å². The van der Waals surface area contributed by atoms with E-state index in [0.717, 1.165) is 77.0 Å². The Morgan fingerprint density at radius 2 is 0.979 bits per heavy atom. The lowest BCUT2D eigenvalue weighted by Crippen LogP contribution is -2.30. The number of hydrogen-bond donors (Lipinski definition) is 1. The summed E-state index contributed by atoms with van der Waals surface area (Å²) in [6.45, 7) is 14.9. The van der Waals surface area contributed by atoms with Gasteiger partial charge in [0, 0.05) is 41.7 Å². The molecule has 0 saturated heterocycles. The monoisotopic (exact) mass is 1290 g/mol. The Labute approximate surface area is 557 Å². The molecule has 6 aliphatic carbocycles. The molecule has 1 saturated carbocycles. The van der Waals surface area contributed by atoms with Crippen molar-refractivity contribution in [2.75, 3.05) is 19.7 Å². The van der Waals surface area contributed by atoms with Gasteiger partial charge in [-0.05, 0) is 277 Å². The van der Waals surface area contributed by atoms with Crippen LogP contribution in [0.5, 0.6) is 0 Å². The van der Waals surface area contributed by atoms with Gasteiger partial charge in [-0.3, -0.25) is 9.59 Å². The van der Waals surface area contributed by atoms with Crippen molar-refractivity contribution < 1.29 is 41.4 Å². The molecule has 12 heteroatoms. The summed E-state index contributed by atoms with van der Waals surface area (Å²) >= 11 is 0. The fraction of sp³-hybridized carbons (Fsp3) is 0.398. The van der Waals surface area contributed by atoms with E-state index >= 15 is 0 Å². The lowest BCUT2D eigenvalue weighted by Gasteiger charge is -2.26. The van der Waals surface area contributed by atoms with Crippen molar-refractivity contribution in [3.63, 3.8) is 0 Å². The molecule has 1 fully saturated rings. The van der Waals surface area contributed by atoms with Crippen molar-refractivity contribution in [3.8, 4) is 0 Å². The number of rotatable bonds is 24. The molecular weight excluding hydrogens is 1210 g/mol. The summed E-state index contributed by atoms with van der Waals surface area (Å²) in [5.41, 5.74) is 17.1. The molecule has 0 amide bonds. The Morgan fingerprint density at radius 3 is 1.48 bits per heavy atom. The van der Waals surface area contributed by atoms with E-state index in [1.54, 1.807) is 163 Å². The highest BCUT2D eigenvalue weighted by atomic mass is 32.2. The predicted molar refractivity (Wildman–Crippen MR) is 390 cm³/mol. The highest BCUT2D eigenvalue weighted by Gasteiger charge is 2.80. The van der Waals surface area contributed by atoms with Gasteiger partial charge in [-0.1, -0.05) is 143 Å². The van der Waals surface area contributed by atoms with Crippen LogP contribution in [0.1, 0.15) is 204 Å². The van der Waals surface area contributed by atoms with Crippen LogP contribution in [0.3, 0.4) is 0 Å². The van der Waals surface area contributed by atoms with Crippen LogP contribution in [-0.4, -0.2) is 63.8 Å². The molecule has 482 valence electrons. The van der Waals surface area contributed by atoms with Gasteiger partial charge in [-0.2, -0.15) is 0 Å². The second kappa shape index (κ2) is 22.5. The van der Waals surface area contributed by atoms with Crippen molar-refractivity contribution in [3.05, 3.63) is 152 Å². The quantitative estimate of drug-likeness (QED) is 0.0124. The van der Waals surface area contributed by atoms with Gasteiger partial charge in [-0.15, -0.1) is 0 Å². The van der Waals surface area contributed by atoms with Crippen LogP contribution >= 0.6 is 0 Å². The molecule has 0 bridgehead atoms. The van der Waals surface area contributed by atoms with Gasteiger partial charge in [0.1, 0.15) is 23.6 Å². The number of unbranched alkanes of at least 4 members (excludes halogenated alkanes) is 6. The number of hydrogen-bond acceptors (Lipinski definition) is 5. The van der Waals surface area contributed by atoms with E-state index in [9.17, 15) is 26.9 Å². The van der Waals surface area contributed by atoms with Crippen molar-refractivity contribution in [1.29, 1.82) is 1.43 Å². The summed E-state index contributed by atoms with van der Waals surface area (Å²) < 4.78 is 56.1. The molecule has 1 spiro atoms. The molecule has 0 aromatic heterocycles. The number of halogens is 4. The molecule has 5 nitrogen and oxygen atoms in total. The third kappa shape index (κ3) is 8.46. The average molecular weight is 1290 g/mol. The number of fused-ring (bicyclic) bond motifs is 1. The zero-order valence-corrected chi connectivity index (χ0v) is 56.3. The minimum absolute atomic E-state index is 0.0139. The maximum Gasteiger partial charge on any atom is 0.673 e. The number of esters is 2. The highest BCUT2D eigenvalue weighted by Crippen LogP contribution is 2.85. The fourth-order valence-electron chi connectivity index (χ4n) is 21.3. The molecule has 0 aliphatic heterocycles. The Balaban J connectivity index is 0.000000168. The SMILES string of the molecule is CCCCCCOC(=O)CCCC(c1ccccc1)[S+](C(C)C)C(C)C.CCCCCCOC(=O)CCCC1(c2ccccc2)C2c3cc4c5c6c(cc7c8c9c(cc%10cc%11c%12c%13c(cc%14c%15c(c%16c3c5c3c%16c(c%15%13)c5c%12c%10c9c5c3c68)C21C%14)C%11)C7)C4.F[B-](F)(F)F.[2H]OC[B]. The van der Waals surface area contributed by atoms with Crippen LogP contribution in [-0.2, 0) is 66.5 Å².